The SMILES string of the molecule is CC(C)(C)OC(=O)N[C@@H](CCCn1cnc2c(Cl)nc(N)nc21)C(=O)OCc1ccccc1. The first kappa shape index (κ1) is 24.2. The van der Waals surface area contributed by atoms with Gasteiger partial charge in [0.15, 0.2) is 10.8 Å². The third-order valence-electron chi connectivity index (χ3n) is 4.53. The van der Waals surface area contributed by atoms with E-state index in [0.29, 0.717) is 30.6 Å². The van der Waals surface area contributed by atoms with Crippen LogP contribution in [0.25, 0.3) is 11.2 Å². The Labute approximate surface area is 196 Å². The van der Waals surface area contributed by atoms with Crippen molar-refractivity contribution >= 4 is 40.8 Å². The second-order valence-electron chi connectivity index (χ2n) is 8.42. The van der Waals surface area contributed by atoms with Gasteiger partial charge in [-0.2, -0.15) is 9.97 Å². The molecule has 1 atom stereocenters. The van der Waals surface area contributed by atoms with Crippen LogP contribution in [0.15, 0.2) is 36.7 Å². The topological polar surface area (TPSA) is 134 Å². The van der Waals surface area contributed by atoms with E-state index in [4.69, 9.17) is 26.8 Å². The average Bonchev–Trinajstić information content (AvgIpc) is 3.14. The first-order chi connectivity index (χ1) is 15.6. The van der Waals surface area contributed by atoms with E-state index in [1.54, 1.807) is 31.7 Å². The van der Waals surface area contributed by atoms with Crippen LogP contribution in [0.4, 0.5) is 10.7 Å². The summed E-state index contributed by atoms with van der Waals surface area (Å²) in [6, 6.07) is 8.42. The van der Waals surface area contributed by atoms with E-state index in [2.05, 4.69) is 20.3 Å². The van der Waals surface area contributed by atoms with Crippen LogP contribution in [0.2, 0.25) is 5.15 Å². The lowest BCUT2D eigenvalue weighted by Crippen LogP contribution is -2.44. The Hall–Kier alpha value is -3.40. The summed E-state index contributed by atoms with van der Waals surface area (Å²) in [5, 5.41) is 2.79. The maximum atomic E-state index is 12.7. The van der Waals surface area contributed by atoms with Gasteiger partial charge in [0.2, 0.25) is 5.95 Å². The van der Waals surface area contributed by atoms with E-state index in [9.17, 15) is 9.59 Å². The van der Waals surface area contributed by atoms with Crippen molar-refractivity contribution in [3.8, 4) is 0 Å². The molecule has 3 N–H and O–H groups in total. The minimum absolute atomic E-state index is 0.0446. The Morgan fingerprint density at radius 3 is 2.64 bits per heavy atom. The molecule has 3 aromatic rings. The number of fused-ring (bicyclic) bond motifs is 1. The summed E-state index contributed by atoms with van der Waals surface area (Å²) >= 11 is 6.07. The zero-order valence-electron chi connectivity index (χ0n) is 18.7. The molecule has 2 aromatic heterocycles. The third kappa shape index (κ3) is 7.04. The molecule has 0 bridgehead atoms. The summed E-state index contributed by atoms with van der Waals surface area (Å²) in [6.45, 7) is 5.81. The number of benzene rings is 1. The Kier molecular flexibility index (Phi) is 7.70. The first-order valence-electron chi connectivity index (χ1n) is 10.5. The fraction of sp³-hybridized carbons (Fsp3) is 0.409. The summed E-state index contributed by atoms with van der Waals surface area (Å²) < 4.78 is 12.5. The molecule has 33 heavy (non-hydrogen) atoms. The first-order valence-corrected chi connectivity index (χ1v) is 10.8. The van der Waals surface area contributed by atoms with Crippen molar-refractivity contribution < 1.29 is 19.1 Å². The van der Waals surface area contributed by atoms with Crippen molar-refractivity contribution in [2.24, 2.45) is 0 Å². The molecule has 0 aliphatic rings. The van der Waals surface area contributed by atoms with Crippen molar-refractivity contribution in [3.63, 3.8) is 0 Å². The Balaban J connectivity index is 1.65. The molecule has 176 valence electrons. The van der Waals surface area contributed by atoms with E-state index in [-0.39, 0.29) is 17.7 Å². The summed E-state index contributed by atoms with van der Waals surface area (Å²) in [7, 11) is 0. The van der Waals surface area contributed by atoms with Gasteiger partial charge in [-0.1, -0.05) is 41.9 Å². The summed E-state index contributed by atoms with van der Waals surface area (Å²) in [5.74, 6) is -0.502. The van der Waals surface area contributed by atoms with Crippen LogP contribution in [-0.4, -0.2) is 43.2 Å². The van der Waals surface area contributed by atoms with Crippen LogP contribution >= 0.6 is 11.6 Å². The molecule has 0 saturated carbocycles. The standard InChI is InChI=1S/C22H27ClN6O4/c1-22(2,3)33-21(31)26-15(19(30)32-12-14-8-5-4-6-9-14)10-7-11-29-13-25-16-17(23)27-20(24)28-18(16)29/h4-6,8-9,13,15H,7,10-12H2,1-3H3,(H,26,31)(H2,24,27,28)/t15-/m0/s1. The predicted octanol–water partition coefficient (Wildman–Crippen LogP) is 3.48. The smallest absolute Gasteiger partial charge is 0.408 e. The van der Waals surface area contributed by atoms with Gasteiger partial charge in [-0.15, -0.1) is 0 Å². The highest BCUT2D eigenvalue weighted by Crippen LogP contribution is 2.20. The number of alkyl carbamates (subject to hydrolysis) is 1. The number of imidazole rings is 1. The van der Waals surface area contributed by atoms with Crippen LogP contribution in [0.3, 0.4) is 0 Å². The number of esters is 1. The fourth-order valence-corrected chi connectivity index (χ4v) is 3.30. The second-order valence-corrected chi connectivity index (χ2v) is 8.78. The van der Waals surface area contributed by atoms with Crippen molar-refractivity contribution in [1.82, 2.24) is 24.8 Å². The van der Waals surface area contributed by atoms with Crippen molar-refractivity contribution in [1.29, 1.82) is 0 Å². The van der Waals surface area contributed by atoms with Crippen molar-refractivity contribution in [2.75, 3.05) is 5.73 Å². The lowest BCUT2D eigenvalue weighted by molar-refractivity contribution is -0.147. The molecule has 0 fully saturated rings. The Bertz CT molecular complexity index is 1110. The molecule has 11 heteroatoms. The van der Waals surface area contributed by atoms with Crippen molar-refractivity contribution in [2.45, 2.75) is 58.4 Å². The Morgan fingerprint density at radius 2 is 1.94 bits per heavy atom. The summed E-state index contributed by atoms with van der Waals surface area (Å²) in [5.41, 5.74) is 6.77. The fourth-order valence-electron chi connectivity index (χ4n) is 3.08. The number of hydrogen-bond acceptors (Lipinski definition) is 8. The number of anilines is 1. The number of nitrogens with zero attached hydrogens (tertiary/aromatic N) is 4. The monoisotopic (exact) mass is 474 g/mol. The van der Waals surface area contributed by atoms with E-state index < -0.39 is 23.7 Å². The molecule has 0 spiro atoms. The van der Waals surface area contributed by atoms with Gasteiger partial charge >= 0.3 is 12.1 Å². The molecule has 3 rings (SSSR count). The van der Waals surface area contributed by atoms with Gasteiger partial charge in [0.1, 0.15) is 23.8 Å². The largest absolute Gasteiger partial charge is 0.459 e. The van der Waals surface area contributed by atoms with Gasteiger partial charge in [0, 0.05) is 6.54 Å². The number of aryl methyl sites for hydroxylation is 1. The molecule has 0 aliphatic carbocycles. The molecule has 0 aliphatic heterocycles. The number of carbonyl (C=O) groups is 2. The number of nitrogens with two attached hydrogens (primary N) is 1. The van der Waals surface area contributed by atoms with Crippen LogP contribution in [0.1, 0.15) is 39.2 Å². The number of ether oxygens (including phenoxy) is 2. The maximum absolute atomic E-state index is 12.7. The zero-order valence-corrected chi connectivity index (χ0v) is 19.5. The molecule has 10 nitrogen and oxygen atoms in total. The van der Waals surface area contributed by atoms with E-state index in [1.165, 1.54) is 0 Å². The lowest BCUT2D eigenvalue weighted by atomic mass is 10.1. The van der Waals surface area contributed by atoms with Gasteiger partial charge < -0.3 is 25.1 Å². The molecule has 1 amide bonds. The molecule has 0 radical (unpaired) electrons. The maximum Gasteiger partial charge on any atom is 0.408 e. The minimum Gasteiger partial charge on any atom is -0.459 e. The number of amides is 1. The highest BCUT2D eigenvalue weighted by atomic mass is 35.5. The Morgan fingerprint density at radius 1 is 1.21 bits per heavy atom. The number of carbonyl (C=O) groups excluding carboxylic acids is 2. The highest BCUT2D eigenvalue weighted by Gasteiger charge is 2.25. The number of nitrogens with one attached hydrogen (secondary N) is 1. The second kappa shape index (κ2) is 10.5. The highest BCUT2D eigenvalue weighted by molar-refractivity contribution is 6.33. The van der Waals surface area contributed by atoms with Crippen LogP contribution in [-0.2, 0) is 27.4 Å². The normalized spacial score (nSPS) is 12.4. The molecule has 0 unspecified atom stereocenters. The number of hydrogen-bond donors (Lipinski definition) is 2. The molecular weight excluding hydrogens is 448 g/mol. The van der Waals surface area contributed by atoms with E-state index in [0.717, 1.165) is 5.56 Å². The summed E-state index contributed by atoms with van der Waals surface area (Å²) in [4.78, 5) is 37.3. The van der Waals surface area contributed by atoms with Gasteiger partial charge in [-0.3, -0.25) is 0 Å². The number of halogens is 1. The quantitative estimate of drug-likeness (QED) is 0.374. The van der Waals surface area contributed by atoms with Crippen molar-refractivity contribution in [3.05, 3.63) is 47.4 Å². The minimum atomic E-state index is -0.887. The predicted molar refractivity (Wildman–Crippen MR) is 123 cm³/mol. The van der Waals surface area contributed by atoms with Crippen LogP contribution < -0.4 is 11.1 Å². The van der Waals surface area contributed by atoms with Gasteiger partial charge in [0.25, 0.3) is 0 Å². The number of aromatic nitrogens is 4. The molecular formula is C22H27ClN6O4. The summed E-state index contributed by atoms with van der Waals surface area (Å²) in [6.07, 6.45) is 1.70. The number of nitrogen functional groups attached to an aromatic ring is 1. The third-order valence-corrected chi connectivity index (χ3v) is 4.79. The van der Waals surface area contributed by atoms with E-state index >= 15 is 0 Å². The van der Waals surface area contributed by atoms with Gasteiger partial charge in [-0.25, -0.2) is 14.6 Å². The molecule has 0 saturated heterocycles. The van der Waals surface area contributed by atoms with E-state index in [1.807, 2.05) is 30.3 Å². The molecule has 2 heterocycles. The van der Waals surface area contributed by atoms with Gasteiger partial charge in [0.05, 0.1) is 6.33 Å². The molecule has 1 aromatic carbocycles. The zero-order chi connectivity index (χ0) is 24.0. The van der Waals surface area contributed by atoms with Gasteiger partial charge in [-0.05, 0) is 39.2 Å². The van der Waals surface area contributed by atoms with Crippen LogP contribution in [0, 0.1) is 0 Å². The average molecular weight is 475 g/mol. The number of rotatable bonds is 8. The van der Waals surface area contributed by atoms with Crippen LogP contribution in [0.5, 0.6) is 0 Å². The lowest BCUT2D eigenvalue weighted by Gasteiger charge is -2.23.